The van der Waals surface area contributed by atoms with Gasteiger partial charge in [0, 0.05) is 31.3 Å². The summed E-state index contributed by atoms with van der Waals surface area (Å²) in [5, 5.41) is 24.6. The first-order valence-electron chi connectivity index (χ1n) is 9.43. The third kappa shape index (κ3) is 4.10. The van der Waals surface area contributed by atoms with Gasteiger partial charge in [0.15, 0.2) is 5.65 Å². The number of fused-ring (bicyclic) bond motifs is 1. The van der Waals surface area contributed by atoms with Crippen LogP contribution in [0.1, 0.15) is 30.1 Å². The van der Waals surface area contributed by atoms with Crippen molar-refractivity contribution in [1.82, 2.24) is 14.6 Å². The third-order valence-electron chi connectivity index (χ3n) is 5.36. The van der Waals surface area contributed by atoms with Crippen LogP contribution < -0.4 is 10.0 Å². The summed E-state index contributed by atoms with van der Waals surface area (Å²) in [7, 11) is -4.13. The van der Waals surface area contributed by atoms with Crippen LogP contribution in [0.3, 0.4) is 0 Å². The van der Waals surface area contributed by atoms with Crippen molar-refractivity contribution in [2.24, 2.45) is 5.14 Å². The SMILES string of the molecule is NS(=O)(=O)c1ccc(N2CCC[C@@H](c3nnc4ccc(C(F)(F)F)cn34)C2)c([N+](=O)[O-])c1. The number of pyridine rings is 1. The molecule has 1 saturated heterocycles. The molecule has 1 aliphatic rings. The Kier molecular flexibility index (Phi) is 5.29. The molecule has 14 heteroatoms. The molecule has 0 aliphatic carbocycles. The van der Waals surface area contributed by atoms with Gasteiger partial charge in [-0.3, -0.25) is 14.5 Å². The van der Waals surface area contributed by atoms with E-state index >= 15 is 0 Å². The van der Waals surface area contributed by atoms with Gasteiger partial charge in [-0.2, -0.15) is 13.2 Å². The molecule has 4 rings (SSSR count). The van der Waals surface area contributed by atoms with Crippen molar-refractivity contribution < 1.29 is 26.5 Å². The second-order valence-electron chi connectivity index (χ2n) is 7.44. The van der Waals surface area contributed by atoms with Crippen molar-refractivity contribution in [3.05, 3.63) is 58.0 Å². The van der Waals surface area contributed by atoms with Crippen LogP contribution in [0.4, 0.5) is 24.5 Å². The van der Waals surface area contributed by atoms with Gasteiger partial charge in [0.05, 0.1) is 15.4 Å². The molecule has 0 spiro atoms. The normalized spacial score (nSPS) is 17.6. The van der Waals surface area contributed by atoms with Gasteiger partial charge in [0.2, 0.25) is 10.0 Å². The third-order valence-corrected chi connectivity index (χ3v) is 6.27. The maximum Gasteiger partial charge on any atom is 0.417 e. The number of nitro groups is 1. The number of rotatable bonds is 4. The van der Waals surface area contributed by atoms with Crippen LogP contribution in [-0.2, 0) is 16.2 Å². The van der Waals surface area contributed by atoms with Crippen LogP contribution in [0.25, 0.3) is 5.65 Å². The molecular weight excluding hydrogens is 453 g/mol. The summed E-state index contributed by atoms with van der Waals surface area (Å²) in [5.74, 6) is -0.0284. The summed E-state index contributed by atoms with van der Waals surface area (Å²) >= 11 is 0. The maximum absolute atomic E-state index is 13.1. The van der Waals surface area contributed by atoms with Crippen molar-refractivity contribution >= 4 is 27.0 Å². The van der Waals surface area contributed by atoms with Crippen LogP contribution in [0, 0.1) is 10.1 Å². The minimum absolute atomic E-state index is 0.192. The molecule has 1 atom stereocenters. The molecule has 0 amide bonds. The number of anilines is 1. The molecule has 0 bridgehead atoms. The number of nitrogens with zero attached hydrogens (tertiary/aromatic N) is 5. The summed E-state index contributed by atoms with van der Waals surface area (Å²) < 4.78 is 63.8. The first-order chi connectivity index (χ1) is 14.9. The molecule has 2 N–H and O–H groups in total. The van der Waals surface area contributed by atoms with E-state index in [0.717, 1.165) is 18.3 Å². The Balaban J connectivity index is 1.70. The Hall–Kier alpha value is -3.26. The Morgan fingerprint density at radius 3 is 2.59 bits per heavy atom. The highest BCUT2D eigenvalue weighted by molar-refractivity contribution is 7.89. The van der Waals surface area contributed by atoms with E-state index in [4.69, 9.17) is 5.14 Å². The molecule has 3 heterocycles. The van der Waals surface area contributed by atoms with Gasteiger partial charge in [-0.1, -0.05) is 0 Å². The lowest BCUT2D eigenvalue weighted by Crippen LogP contribution is -2.35. The number of nitrogens with two attached hydrogens (primary N) is 1. The minimum Gasteiger partial charge on any atom is -0.365 e. The highest BCUT2D eigenvalue weighted by atomic mass is 32.2. The van der Waals surface area contributed by atoms with Gasteiger partial charge in [0.25, 0.3) is 5.69 Å². The van der Waals surface area contributed by atoms with E-state index in [1.54, 1.807) is 4.90 Å². The number of nitro benzene ring substituents is 1. The van der Waals surface area contributed by atoms with Gasteiger partial charge in [-0.15, -0.1) is 10.2 Å². The average molecular weight is 470 g/mol. The molecule has 2 aromatic heterocycles. The van der Waals surface area contributed by atoms with Crippen molar-refractivity contribution in [1.29, 1.82) is 0 Å². The van der Waals surface area contributed by atoms with Crippen molar-refractivity contribution in [3.8, 4) is 0 Å². The van der Waals surface area contributed by atoms with Crippen molar-refractivity contribution in [2.45, 2.75) is 29.8 Å². The highest BCUT2D eigenvalue weighted by Crippen LogP contribution is 2.36. The lowest BCUT2D eigenvalue weighted by atomic mass is 9.96. The van der Waals surface area contributed by atoms with Crippen LogP contribution in [0.5, 0.6) is 0 Å². The first-order valence-corrected chi connectivity index (χ1v) is 11.0. The van der Waals surface area contributed by atoms with E-state index < -0.39 is 32.4 Å². The molecule has 0 unspecified atom stereocenters. The molecule has 0 radical (unpaired) electrons. The van der Waals surface area contributed by atoms with Crippen LogP contribution in [0.15, 0.2) is 41.4 Å². The van der Waals surface area contributed by atoms with Gasteiger partial charge in [0.1, 0.15) is 11.5 Å². The second-order valence-corrected chi connectivity index (χ2v) is 9.00. The molecular formula is C18H17F3N6O4S. The van der Waals surface area contributed by atoms with E-state index in [1.807, 2.05) is 0 Å². The Bertz CT molecular complexity index is 1310. The molecule has 1 aromatic carbocycles. The fraction of sp³-hybridized carbons (Fsp3) is 0.333. The molecule has 0 saturated carbocycles. The predicted octanol–water partition coefficient (Wildman–Crippen LogP) is 2.69. The molecule has 3 aromatic rings. The Morgan fingerprint density at radius 1 is 1.19 bits per heavy atom. The van der Waals surface area contributed by atoms with Crippen LogP contribution >= 0.6 is 0 Å². The molecule has 1 aliphatic heterocycles. The summed E-state index contributed by atoms with van der Waals surface area (Å²) in [6.45, 7) is 0.670. The smallest absolute Gasteiger partial charge is 0.365 e. The van der Waals surface area contributed by atoms with Crippen LogP contribution in [-0.4, -0.2) is 41.0 Å². The van der Waals surface area contributed by atoms with E-state index in [1.165, 1.54) is 22.6 Å². The number of primary sulfonamides is 1. The molecule has 32 heavy (non-hydrogen) atoms. The number of hydrogen-bond donors (Lipinski definition) is 1. The van der Waals surface area contributed by atoms with E-state index in [0.29, 0.717) is 25.2 Å². The quantitative estimate of drug-likeness (QED) is 0.457. The number of hydrogen-bond acceptors (Lipinski definition) is 7. The summed E-state index contributed by atoms with van der Waals surface area (Å²) in [4.78, 5) is 12.2. The largest absolute Gasteiger partial charge is 0.417 e. The van der Waals surface area contributed by atoms with Crippen molar-refractivity contribution in [3.63, 3.8) is 0 Å². The fourth-order valence-corrected chi connectivity index (χ4v) is 4.39. The standard InChI is InChI=1S/C18H17F3N6O4S/c19-18(20,21)12-3-6-16-23-24-17(26(16)10-12)11-2-1-7-25(9-11)14-5-4-13(32(22,30)31)8-15(14)27(28)29/h3-6,8,10-11H,1-2,7,9H2,(H2,22,30,31)/t11-/m1/s1. The number of alkyl halides is 3. The van der Waals surface area contributed by atoms with E-state index in [-0.39, 0.29) is 28.7 Å². The number of halogens is 3. The topological polar surface area (TPSA) is 137 Å². The number of benzene rings is 1. The fourth-order valence-electron chi connectivity index (χ4n) is 3.86. The lowest BCUT2D eigenvalue weighted by Gasteiger charge is -2.33. The zero-order valence-electron chi connectivity index (χ0n) is 16.4. The monoisotopic (exact) mass is 470 g/mol. The number of piperidine rings is 1. The molecule has 1 fully saturated rings. The molecule has 10 nitrogen and oxygen atoms in total. The first kappa shape index (κ1) is 22.0. The maximum atomic E-state index is 13.1. The van der Waals surface area contributed by atoms with E-state index in [2.05, 4.69) is 10.2 Å². The second kappa shape index (κ2) is 7.70. The summed E-state index contributed by atoms with van der Waals surface area (Å²) in [5.41, 5.74) is -0.818. The van der Waals surface area contributed by atoms with Gasteiger partial charge in [-0.05, 0) is 37.1 Å². The molecule has 170 valence electrons. The Labute approximate surface area is 179 Å². The van der Waals surface area contributed by atoms with Gasteiger partial charge in [-0.25, -0.2) is 13.6 Å². The average Bonchev–Trinajstić information content (AvgIpc) is 3.15. The Morgan fingerprint density at radius 2 is 1.94 bits per heavy atom. The zero-order chi connectivity index (χ0) is 23.3. The lowest BCUT2D eigenvalue weighted by molar-refractivity contribution is -0.384. The summed E-state index contributed by atoms with van der Waals surface area (Å²) in [6.07, 6.45) is -2.41. The number of sulfonamides is 1. The summed E-state index contributed by atoms with van der Waals surface area (Å²) in [6, 6.07) is 5.55. The highest BCUT2D eigenvalue weighted by Gasteiger charge is 2.33. The van der Waals surface area contributed by atoms with E-state index in [9.17, 15) is 31.7 Å². The minimum atomic E-state index is -4.53. The van der Waals surface area contributed by atoms with Gasteiger partial charge < -0.3 is 4.90 Å². The van der Waals surface area contributed by atoms with Gasteiger partial charge >= 0.3 is 6.18 Å². The number of aromatic nitrogens is 3. The van der Waals surface area contributed by atoms with Crippen LogP contribution in [0.2, 0.25) is 0 Å². The zero-order valence-corrected chi connectivity index (χ0v) is 17.2. The predicted molar refractivity (Wildman–Crippen MR) is 107 cm³/mol. The van der Waals surface area contributed by atoms with Crippen molar-refractivity contribution in [2.75, 3.05) is 18.0 Å².